The molecule has 0 spiro atoms. The van der Waals surface area contributed by atoms with Crippen molar-refractivity contribution in [2.24, 2.45) is 0 Å². The number of rotatable bonds is 4. The van der Waals surface area contributed by atoms with Crippen molar-refractivity contribution in [3.8, 4) is 11.5 Å². The summed E-state index contributed by atoms with van der Waals surface area (Å²) in [5.74, 6) is 1.28. The summed E-state index contributed by atoms with van der Waals surface area (Å²) >= 11 is 0. The van der Waals surface area contributed by atoms with Gasteiger partial charge in [0.25, 0.3) is 11.7 Å². The van der Waals surface area contributed by atoms with E-state index in [1.807, 2.05) is 19.9 Å². The molecule has 0 saturated heterocycles. The summed E-state index contributed by atoms with van der Waals surface area (Å²) in [6.45, 7) is 3.76. The van der Waals surface area contributed by atoms with Crippen molar-refractivity contribution in [1.82, 2.24) is 24.6 Å². The number of ether oxygens (including phenoxy) is 1. The number of fused-ring (bicyclic) bond motifs is 1. The number of nitrogens with zero attached hydrogens (tertiary/aromatic N) is 5. The van der Waals surface area contributed by atoms with Crippen LogP contribution in [0.25, 0.3) is 5.78 Å². The maximum Gasteiger partial charge on any atom is 0.295 e. The van der Waals surface area contributed by atoms with Crippen molar-refractivity contribution in [1.29, 1.82) is 0 Å². The van der Waals surface area contributed by atoms with E-state index in [0.717, 1.165) is 11.4 Å². The van der Waals surface area contributed by atoms with E-state index in [-0.39, 0.29) is 5.82 Å². The Labute approximate surface area is 154 Å². The topological polar surface area (TPSA) is 94.3 Å². The minimum absolute atomic E-state index is 0.0525. The third-order valence-corrected chi connectivity index (χ3v) is 3.80. The molecule has 0 radical (unpaired) electrons. The first kappa shape index (κ1) is 16.6. The fourth-order valence-corrected chi connectivity index (χ4v) is 2.63. The first-order valence-corrected chi connectivity index (χ1v) is 8.29. The summed E-state index contributed by atoms with van der Waals surface area (Å²) in [5.41, 5.74) is 2.25. The van der Waals surface area contributed by atoms with E-state index in [1.54, 1.807) is 53.3 Å². The molecule has 1 N–H and O–H groups in total. The van der Waals surface area contributed by atoms with Gasteiger partial charge in [0.2, 0.25) is 5.82 Å². The van der Waals surface area contributed by atoms with Gasteiger partial charge in [-0.15, -0.1) is 5.10 Å². The van der Waals surface area contributed by atoms with Crippen LogP contribution < -0.4 is 10.1 Å². The lowest BCUT2D eigenvalue weighted by molar-refractivity contribution is 0.101. The molecule has 0 fully saturated rings. The monoisotopic (exact) mass is 360 g/mol. The van der Waals surface area contributed by atoms with Gasteiger partial charge in [0, 0.05) is 35.5 Å². The predicted octanol–water partition coefficient (Wildman–Crippen LogP) is 3.18. The highest BCUT2D eigenvalue weighted by atomic mass is 16.5. The number of pyridine rings is 1. The molecule has 3 heterocycles. The lowest BCUT2D eigenvalue weighted by Gasteiger charge is -2.07. The predicted molar refractivity (Wildman–Crippen MR) is 99.0 cm³/mol. The number of aromatic nitrogens is 5. The van der Waals surface area contributed by atoms with E-state index in [0.29, 0.717) is 23.0 Å². The van der Waals surface area contributed by atoms with Crippen LogP contribution in [0.5, 0.6) is 11.5 Å². The Morgan fingerprint density at radius 3 is 2.67 bits per heavy atom. The number of hydrogen-bond acceptors (Lipinski definition) is 6. The van der Waals surface area contributed by atoms with Gasteiger partial charge >= 0.3 is 0 Å². The molecule has 0 aliphatic rings. The van der Waals surface area contributed by atoms with Gasteiger partial charge in [-0.3, -0.25) is 9.78 Å². The highest BCUT2D eigenvalue weighted by molar-refractivity contribution is 6.01. The third kappa shape index (κ3) is 3.59. The summed E-state index contributed by atoms with van der Waals surface area (Å²) in [6.07, 6.45) is 3.29. The van der Waals surface area contributed by atoms with Crippen molar-refractivity contribution in [2.45, 2.75) is 13.8 Å². The Morgan fingerprint density at radius 2 is 1.85 bits per heavy atom. The number of aryl methyl sites for hydroxylation is 2. The molecule has 0 aliphatic heterocycles. The third-order valence-electron chi connectivity index (χ3n) is 3.80. The van der Waals surface area contributed by atoms with Crippen LogP contribution in [-0.4, -0.2) is 30.5 Å². The normalized spacial score (nSPS) is 10.7. The molecular formula is C19H16N6O2. The summed E-state index contributed by atoms with van der Waals surface area (Å²) in [6, 6.07) is 12.5. The second-order valence-corrected chi connectivity index (χ2v) is 5.95. The van der Waals surface area contributed by atoms with Crippen molar-refractivity contribution in [2.75, 3.05) is 5.32 Å². The fraction of sp³-hybridized carbons (Fsp3) is 0.105. The highest BCUT2D eigenvalue weighted by Crippen LogP contribution is 2.23. The molecule has 1 amide bonds. The van der Waals surface area contributed by atoms with E-state index in [4.69, 9.17) is 4.74 Å². The molecule has 1 aromatic carbocycles. The Hall–Kier alpha value is -3.81. The SMILES string of the molecule is Cc1cc(C)n2nc(C(=O)Nc3cccc(Oc4ccncc4)c3)nc2n1. The van der Waals surface area contributed by atoms with E-state index in [1.165, 1.54) is 0 Å². The smallest absolute Gasteiger partial charge is 0.295 e. The molecule has 4 rings (SSSR count). The first-order chi connectivity index (χ1) is 13.1. The zero-order valence-electron chi connectivity index (χ0n) is 14.7. The quantitative estimate of drug-likeness (QED) is 0.601. The summed E-state index contributed by atoms with van der Waals surface area (Å²) in [5, 5.41) is 7.01. The van der Waals surface area contributed by atoms with Gasteiger partial charge in [-0.2, -0.15) is 4.98 Å². The van der Waals surface area contributed by atoms with Crippen LogP contribution in [0, 0.1) is 13.8 Å². The van der Waals surface area contributed by atoms with Gasteiger partial charge < -0.3 is 10.1 Å². The zero-order chi connectivity index (χ0) is 18.8. The maximum absolute atomic E-state index is 12.5. The number of benzene rings is 1. The summed E-state index contributed by atoms with van der Waals surface area (Å²) in [4.78, 5) is 25.0. The number of carbonyl (C=O) groups excluding carboxylic acids is 1. The molecule has 8 heteroatoms. The summed E-state index contributed by atoms with van der Waals surface area (Å²) in [7, 11) is 0. The van der Waals surface area contributed by atoms with Crippen LogP contribution in [0.2, 0.25) is 0 Å². The van der Waals surface area contributed by atoms with E-state index in [9.17, 15) is 4.79 Å². The van der Waals surface area contributed by atoms with Crippen LogP contribution in [0.4, 0.5) is 5.69 Å². The Kier molecular flexibility index (Phi) is 4.21. The average Bonchev–Trinajstić information content (AvgIpc) is 3.07. The van der Waals surface area contributed by atoms with E-state index in [2.05, 4.69) is 25.4 Å². The van der Waals surface area contributed by atoms with Gasteiger partial charge in [-0.1, -0.05) is 6.07 Å². The Morgan fingerprint density at radius 1 is 1.04 bits per heavy atom. The van der Waals surface area contributed by atoms with Gasteiger partial charge in [0.1, 0.15) is 11.5 Å². The average molecular weight is 360 g/mol. The van der Waals surface area contributed by atoms with Crippen LogP contribution in [0.15, 0.2) is 54.9 Å². The van der Waals surface area contributed by atoms with E-state index >= 15 is 0 Å². The molecule has 0 saturated carbocycles. The number of anilines is 1. The van der Waals surface area contributed by atoms with Crippen LogP contribution in [-0.2, 0) is 0 Å². The van der Waals surface area contributed by atoms with Crippen molar-refractivity contribution < 1.29 is 9.53 Å². The van der Waals surface area contributed by atoms with Gasteiger partial charge in [0.15, 0.2) is 0 Å². The maximum atomic E-state index is 12.5. The van der Waals surface area contributed by atoms with Crippen molar-refractivity contribution >= 4 is 17.4 Å². The molecule has 134 valence electrons. The van der Waals surface area contributed by atoms with Gasteiger partial charge in [-0.25, -0.2) is 9.50 Å². The van der Waals surface area contributed by atoms with Gasteiger partial charge in [-0.05, 0) is 44.2 Å². The van der Waals surface area contributed by atoms with Gasteiger partial charge in [0.05, 0.1) is 0 Å². The number of amides is 1. The van der Waals surface area contributed by atoms with Crippen molar-refractivity contribution in [3.63, 3.8) is 0 Å². The molecule has 0 atom stereocenters. The Balaban J connectivity index is 1.54. The molecule has 0 aliphatic carbocycles. The second kappa shape index (κ2) is 6.83. The second-order valence-electron chi connectivity index (χ2n) is 5.95. The minimum atomic E-state index is -0.418. The largest absolute Gasteiger partial charge is 0.457 e. The molecule has 4 aromatic rings. The lowest BCUT2D eigenvalue weighted by atomic mass is 10.3. The molecular weight excluding hydrogens is 344 g/mol. The fourth-order valence-electron chi connectivity index (χ4n) is 2.63. The molecule has 0 unspecified atom stereocenters. The number of hydrogen-bond donors (Lipinski definition) is 1. The molecule has 27 heavy (non-hydrogen) atoms. The first-order valence-electron chi connectivity index (χ1n) is 8.29. The molecule has 3 aromatic heterocycles. The number of nitrogens with one attached hydrogen (secondary N) is 1. The zero-order valence-corrected chi connectivity index (χ0v) is 14.7. The van der Waals surface area contributed by atoms with Crippen molar-refractivity contribution in [3.05, 3.63) is 72.1 Å². The number of carbonyl (C=O) groups is 1. The van der Waals surface area contributed by atoms with Crippen LogP contribution in [0.3, 0.4) is 0 Å². The Bertz CT molecular complexity index is 1120. The summed E-state index contributed by atoms with van der Waals surface area (Å²) < 4.78 is 7.29. The lowest BCUT2D eigenvalue weighted by Crippen LogP contribution is -2.14. The standard InChI is InChI=1S/C19H16N6O2/c1-12-10-13(2)25-19(21-12)23-17(24-25)18(26)22-14-4-3-5-16(11-14)27-15-6-8-20-9-7-15/h3-11H,1-2H3,(H,22,26). The molecule has 8 nitrogen and oxygen atoms in total. The minimum Gasteiger partial charge on any atom is -0.457 e. The van der Waals surface area contributed by atoms with Crippen LogP contribution in [0.1, 0.15) is 22.0 Å². The van der Waals surface area contributed by atoms with Crippen LogP contribution >= 0.6 is 0 Å². The molecule has 0 bridgehead atoms. The van der Waals surface area contributed by atoms with E-state index < -0.39 is 5.91 Å². The highest BCUT2D eigenvalue weighted by Gasteiger charge is 2.15.